The molecule has 7 nitrogen and oxygen atoms in total. The monoisotopic (exact) mass is 391 g/mol. The second-order valence-corrected chi connectivity index (χ2v) is 6.66. The van der Waals surface area contributed by atoms with Crippen LogP contribution in [0.2, 0.25) is 0 Å². The molecular formula is C22H25N5O2. The zero-order valence-electron chi connectivity index (χ0n) is 16.7. The number of aromatic nitrogens is 3. The van der Waals surface area contributed by atoms with E-state index in [0.29, 0.717) is 18.1 Å². The fourth-order valence-electron chi connectivity index (χ4n) is 2.81. The summed E-state index contributed by atoms with van der Waals surface area (Å²) in [4.78, 5) is 18.2. The maximum absolute atomic E-state index is 12.5. The van der Waals surface area contributed by atoms with E-state index >= 15 is 0 Å². The number of likely N-dealkylation sites (N-methyl/N-ethyl adjacent to an activating group) is 1. The van der Waals surface area contributed by atoms with Crippen molar-refractivity contribution in [3.05, 3.63) is 77.7 Å². The van der Waals surface area contributed by atoms with E-state index in [-0.39, 0.29) is 5.91 Å². The third-order valence-electron chi connectivity index (χ3n) is 4.59. The fraction of sp³-hybridized carbons (Fsp3) is 0.273. The number of anilines is 1. The van der Waals surface area contributed by atoms with Gasteiger partial charge in [-0.15, -0.1) is 10.2 Å². The third kappa shape index (κ3) is 6.00. The van der Waals surface area contributed by atoms with Gasteiger partial charge in [0.25, 0.3) is 5.91 Å². The van der Waals surface area contributed by atoms with E-state index in [1.54, 1.807) is 43.6 Å². The Bertz CT molecular complexity index is 899. The number of hydrogen-bond donors (Lipinski definition) is 1. The Kier molecular flexibility index (Phi) is 7.10. The van der Waals surface area contributed by atoms with Crippen LogP contribution in [-0.4, -0.2) is 53.2 Å². The van der Waals surface area contributed by atoms with Crippen LogP contribution in [0.1, 0.15) is 21.6 Å². The van der Waals surface area contributed by atoms with Crippen LogP contribution < -0.4 is 10.1 Å². The second kappa shape index (κ2) is 10.2. The van der Waals surface area contributed by atoms with E-state index in [1.807, 2.05) is 36.4 Å². The minimum absolute atomic E-state index is 0.142. The quantitative estimate of drug-likeness (QED) is 0.604. The van der Waals surface area contributed by atoms with Crippen LogP contribution in [0, 0.1) is 0 Å². The summed E-state index contributed by atoms with van der Waals surface area (Å²) in [5, 5.41) is 11.4. The highest BCUT2D eigenvalue weighted by atomic mass is 16.5. The molecule has 1 aromatic carbocycles. The molecule has 1 N–H and O–H groups in total. The zero-order chi connectivity index (χ0) is 20.5. The van der Waals surface area contributed by atoms with Crippen molar-refractivity contribution in [2.75, 3.05) is 32.6 Å². The van der Waals surface area contributed by atoms with Crippen molar-refractivity contribution < 1.29 is 9.53 Å². The molecule has 150 valence electrons. The van der Waals surface area contributed by atoms with Gasteiger partial charge in [0.05, 0.1) is 7.11 Å². The van der Waals surface area contributed by atoms with Gasteiger partial charge in [-0.25, -0.2) is 0 Å². The number of carbonyl (C=O) groups excluding carboxylic acids is 1. The van der Waals surface area contributed by atoms with Crippen molar-refractivity contribution in [3.63, 3.8) is 0 Å². The Hall–Kier alpha value is -3.48. The summed E-state index contributed by atoms with van der Waals surface area (Å²) in [6.07, 6.45) is 5.12. The molecule has 0 unspecified atom stereocenters. The summed E-state index contributed by atoms with van der Waals surface area (Å²) < 4.78 is 5.16. The smallest absolute Gasteiger partial charge is 0.274 e. The predicted octanol–water partition coefficient (Wildman–Crippen LogP) is 2.85. The van der Waals surface area contributed by atoms with Gasteiger partial charge < -0.3 is 15.0 Å². The van der Waals surface area contributed by atoms with Gasteiger partial charge in [-0.1, -0.05) is 12.1 Å². The molecule has 0 fully saturated rings. The lowest BCUT2D eigenvalue weighted by Gasteiger charge is -2.16. The highest BCUT2D eigenvalue weighted by Crippen LogP contribution is 2.12. The van der Waals surface area contributed by atoms with Crippen molar-refractivity contribution in [1.29, 1.82) is 0 Å². The summed E-state index contributed by atoms with van der Waals surface area (Å²) in [5.41, 5.74) is 2.68. The highest BCUT2D eigenvalue weighted by molar-refractivity contribution is 5.92. The number of rotatable bonds is 9. The van der Waals surface area contributed by atoms with Crippen molar-refractivity contribution in [2.24, 2.45) is 0 Å². The van der Waals surface area contributed by atoms with Gasteiger partial charge >= 0.3 is 0 Å². The van der Waals surface area contributed by atoms with Gasteiger partial charge in [0.1, 0.15) is 11.6 Å². The first-order valence-corrected chi connectivity index (χ1v) is 9.50. The molecule has 7 heteroatoms. The van der Waals surface area contributed by atoms with Crippen molar-refractivity contribution >= 4 is 11.7 Å². The lowest BCUT2D eigenvalue weighted by atomic mass is 10.1. The Balaban J connectivity index is 1.46. The molecule has 0 aliphatic heterocycles. The molecular weight excluding hydrogens is 366 g/mol. The molecule has 0 saturated carbocycles. The molecule has 1 amide bonds. The minimum Gasteiger partial charge on any atom is -0.497 e. The number of amides is 1. The van der Waals surface area contributed by atoms with Crippen LogP contribution in [0.4, 0.5) is 5.82 Å². The maximum Gasteiger partial charge on any atom is 0.274 e. The Morgan fingerprint density at radius 3 is 2.34 bits per heavy atom. The molecule has 3 rings (SSSR count). The summed E-state index contributed by atoms with van der Waals surface area (Å²) in [6, 6.07) is 15.3. The Morgan fingerprint density at radius 2 is 1.69 bits per heavy atom. The standard InChI is InChI=1S/C22H25N5O2/c1-27(16-12-18-9-13-23-14-10-18)22(28)20-7-8-21(26-25-20)24-15-11-17-3-5-19(29-2)6-4-17/h3-10,13-14H,11-12,15-16H2,1-2H3,(H,24,26). The molecule has 0 saturated heterocycles. The van der Waals surface area contributed by atoms with E-state index < -0.39 is 0 Å². The summed E-state index contributed by atoms with van der Waals surface area (Å²) in [7, 11) is 3.43. The number of ether oxygens (including phenoxy) is 1. The van der Waals surface area contributed by atoms with Gasteiger partial charge in [-0.05, 0) is 60.4 Å². The minimum atomic E-state index is -0.142. The molecule has 0 aliphatic rings. The van der Waals surface area contributed by atoms with Gasteiger partial charge in [-0.3, -0.25) is 9.78 Å². The van der Waals surface area contributed by atoms with Crippen molar-refractivity contribution in [1.82, 2.24) is 20.1 Å². The lowest BCUT2D eigenvalue weighted by molar-refractivity contribution is 0.0789. The van der Waals surface area contributed by atoms with Crippen LogP contribution in [-0.2, 0) is 12.8 Å². The molecule has 2 heterocycles. The maximum atomic E-state index is 12.5. The second-order valence-electron chi connectivity index (χ2n) is 6.66. The topological polar surface area (TPSA) is 80.2 Å². The number of carbonyl (C=O) groups is 1. The van der Waals surface area contributed by atoms with Crippen LogP contribution in [0.25, 0.3) is 0 Å². The fourth-order valence-corrected chi connectivity index (χ4v) is 2.81. The molecule has 0 radical (unpaired) electrons. The van der Waals surface area contributed by atoms with Crippen molar-refractivity contribution in [2.45, 2.75) is 12.8 Å². The molecule has 0 spiro atoms. The normalized spacial score (nSPS) is 10.4. The molecule has 0 aliphatic carbocycles. The van der Waals surface area contributed by atoms with E-state index in [0.717, 1.165) is 30.7 Å². The van der Waals surface area contributed by atoms with Gasteiger partial charge in [0.15, 0.2) is 5.69 Å². The number of pyridine rings is 1. The van der Waals surface area contributed by atoms with Gasteiger partial charge in [0, 0.05) is 32.5 Å². The average Bonchev–Trinajstić information content (AvgIpc) is 2.78. The van der Waals surface area contributed by atoms with Crippen LogP contribution in [0.3, 0.4) is 0 Å². The Morgan fingerprint density at radius 1 is 0.966 bits per heavy atom. The van der Waals surface area contributed by atoms with Crippen LogP contribution in [0.15, 0.2) is 60.9 Å². The zero-order valence-corrected chi connectivity index (χ0v) is 16.7. The number of hydrogen-bond acceptors (Lipinski definition) is 6. The average molecular weight is 391 g/mol. The molecule has 0 atom stereocenters. The number of benzene rings is 1. The third-order valence-corrected chi connectivity index (χ3v) is 4.59. The summed E-state index contributed by atoms with van der Waals surface area (Å²) in [5.74, 6) is 1.35. The van der Waals surface area contributed by atoms with E-state index in [1.165, 1.54) is 5.56 Å². The predicted molar refractivity (Wildman–Crippen MR) is 112 cm³/mol. The highest BCUT2D eigenvalue weighted by Gasteiger charge is 2.13. The van der Waals surface area contributed by atoms with Crippen molar-refractivity contribution in [3.8, 4) is 5.75 Å². The Labute approximate surface area is 170 Å². The van der Waals surface area contributed by atoms with E-state index in [2.05, 4.69) is 20.5 Å². The number of methoxy groups -OCH3 is 1. The summed E-state index contributed by atoms with van der Waals surface area (Å²) in [6.45, 7) is 1.33. The lowest BCUT2D eigenvalue weighted by Crippen LogP contribution is -2.29. The van der Waals surface area contributed by atoms with Gasteiger partial charge in [-0.2, -0.15) is 0 Å². The molecule has 29 heavy (non-hydrogen) atoms. The first-order chi connectivity index (χ1) is 14.2. The van der Waals surface area contributed by atoms with E-state index in [4.69, 9.17) is 4.74 Å². The largest absolute Gasteiger partial charge is 0.497 e. The summed E-state index contributed by atoms with van der Waals surface area (Å²) >= 11 is 0. The molecule has 0 bridgehead atoms. The first-order valence-electron chi connectivity index (χ1n) is 9.50. The molecule has 2 aromatic heterocycles. The number of nitrogens with zero attached hydrogens (tertiary/aromatic N) is 4. The number of nitrogens with one attached hydrogen (secondary N) is 1. The SMILES string of the molecule is COc1ccc(CCNc2ccc(C(=O)N(C)CCc3ccncc3)nn2)cc1. The van der Waals surface area contributed by atoms with E-state index in [9.17, 15) is 4.79 Å². The molecule has 3 aromatic rings. The van der Waals surface area contributed by atoms with Gasteiger partial charge in [0.2, 0.25) is 0 Å². The van der Waals surface area contributed by atoms with Crippen LogP contribution in [0.5, 0.6) is 5.75 Å². The van der Waals surface area contributed by atoms with Crippen LogP contribution >= 0.6 is 0 Å². The first kappa shape index (κ1) is 20.3.